The summed E-state index contributed by atoms with van der Waals surface area (Å²) < 4.78 is 0. The molecule has 0 unspecified atom stereocenters. The van der Waals surface area contributed by atoms with E-state index in [4.69, 9.17) is 0 Å². The highest BCUT2D eigenvalue weighted by atomic mass is 16.2. The second-order valence-corrected chi connectivity index (χ2v) is 6.73. The molecule has 0 spiro atoms. The number of rotatable bonds is 6. The van der Waals surface area contributed by atoms with E-state index in [1.165, 1.54) is 5.56 Å². The highest BCUT2D eigenvalue weighted by molar-refractivity contribution is 5.95. The SMILES string of the molecule is Cc1ccccc1CN(C)C(=O)CNc1ccc(N2CCCC2=O)cc1. The van der Waals surface area contributed by atoms with Crippen LogP contribution in [0.2, 0.25) is 0 Å². The molecule has 26 heavy (non-hydrogen) atoms. The minimum atomic E-state index is 0.0343. The van der Waals surface area contributed by atoms with Gasteiger partial charge in [-0.3, -0.25) is 9.59 Å². The van der Waals surface area contributed by atoms with E-state index < -0.39 is 0 Å². The number of amides is 2. The van der Waals surface area contributed by atoms with Crippen LogP contribution < -0.4 is 10.2 Å². The third-order valence-electron chi connectivity index (χ3n) is 4.79. The van der Waals surface area contributed by atoms with Gasteiger partial charge in [0.15, 0.2) is 0 Å². The molecule has 0 bridgehead atoms. The zero-order valence-corrected chi connectivity index (χ0v) is 15.4. The van der Waals surface area contributed by atoms with Crippen molar-refractivity contribution < 1.29 is 9.59 Å². The van der Waals surface area contributed by atoms with Crippen LogP contribution >= 0.6 is 0 Å². The summed E-state index contributed by atoms with van der Waals surface area (Å²) in [6.07, 6.45) is 1.54. The van der Waals surface area contributed by atoms with E-state index in [1.54, 1.807) is 4.90 Å². The predicted octanol–water partition coefficient (Wildman–Crippen LogP) is 3.19. The van der Waals surface area contributed by atoms with Gasteiger partial charge in [-0.2, -0.15) is 0 Å². The van der Waals surface area contributed by atoms with E-state index >= 15 is 0 Å². The van der Waals surface area contributed by atoms with Crippen molar-refractivity contribution in [3.63, 3.8) is 0 Å². The number of anilines is 2. The van der Waals surface area contributed by atoms with Crippen molar-refractivity contribution in [2.24, 2.45) is 0 Å². The number of benzene rings is 2. The number of likely N-dealkylation sites (N-methyl/N-ethyl adjacent to an activating group) is 1. The van der Waals surface area contributed by atoms with Gasteiger partial charge in [0.05, 0.1) is 6.54 Å². The number of nitrogens with zero attached hydrogens (tertiary/aromatic N) is 2. The highest BCUT2D eigenvalue weighted by Gasteiger charge is 2.21. The molecule has 1 aliphatic rings. The van der Waals surface area contributed by atoms with E-state index in [2.05, 4.69) is 18.3 Å². The van der Waals surface area contributed by atoms with E-state index in [9.17, 15) is 9.59 Å². The maximum absolute atomic E-state index is 12.4. The maximum atomic E-state index is 12.4. The van der Waals surface area contributed by atoms with Gasteiger partial charge in [-0.1, -0.05) is 24.3 Å². The maximum Gasteiger partial charge on any atom is 0.241 e. The van der Waals surface area contributed by atoms with Gasteiger partial charge in [0.25, 0.3) is 0 Å². The first-order chi connectivity index (χ1) is 12.5. The summed E-state index contributed by atoms with van der Waals surface area (Å²) in [6.45, 7) is 3.68. The number of aryl methyl sites for hydroxylation is 1. The number of hydrogen-bond donors (Lipinski definition) is 1. The molecule has 0 aromatic heterocycles. The molecular formula is C21H25N3O2. The first-order valence-electron chi connectivity index (χ1n) is 8.97. The fraction of sp³-hybridized carbons (Fsp3) is 0.333. The number of carbonyl (C=O) groups excluding carboxylic acids is 2. The Morgan fingerprint density at radius 1 is 1.15 bits per heavy atom. The van der Waals surface area contributed by atoms with E-state index in [0.717, 1.165) is 29.9 Å². The van der Waals surface area contributed by atoms with Crippen molar-refractivity contribution in [1.29, 1.82) is 0 Å². The van der Waals surface area contributed by atoms with Crippen LogP contribution in [0.5, 0.6) is 0 Å². The molecule has 1 N–H and O–H groups in total. The molecule has 5 nitrogen and oxygen atoms in total. The average Bonchev–Trinajstić information content (AvgIpc) is 3.08. The van der Waals surface area contributed by atoms with Crippen LogP contribution in [0.1, 0.15) is 24.0 Å². The summed E-state index contributed by atoms with van der Waals surface area (Å²) in [6, 6.07) is 15.8. The van der Waals surface area contributed by atoms with Gasteiger partial charge in [0.1, 0.15) is 0 Å². The molecule has 1 aliphatic heterocycles. The lowest BCUT2D eigenvalue weighted by Gasteiger charge is -2.19. The summed E-state index contributed by atoms with van der Waals surface area (Å²) >= 11 is 0. The molecule has 3 rings (SSSR count). The van der Waals surface area contributed by atoms with Gasteiger partial charge in [-0.05, 0) is 48.7 Å². The van der Waals surface area contributed by atoms with Crippen molar-refractivity contribution in [3.8, 4) is 0 Å². The quantitative estimate of drug-likeness (QED) is 0.870. The second kappa shape index (κ2) is 8.04. The van der Waals surface area contributed by atoms with Gasteiger partial charge in [0, 0.05) is 37.9 Å². The third-order valence-corrected chi connectivity index (χ3v) is 4.79. The van der Waals surface area contributed by atoms with Crippen LogP contribution in [0, 0.1) is 6.92 Å². The smallest absolute Gasteiger partial charge is 0.241 e. The Balaban J connectivity index is 1.52. The zero-order valence-electron chi connectivity index (χ0n) is 15.4. The number of carbonyl (C=O) groups is 2. The lowest BCUT2D eigenvalue weighted by molar-refractivity contribution is -0.128. The Hall–Kier alpha value is -2.82. The summed E-state index contributed by atoms with van der Waals surface area (Å²) in [5.74, 6) is 0.214. The Labute approximate surface area is 154 Å². The fourth-order valence-electron chi connectivity index (χ4n) is 3.12. The summed E-state index contributed by atoms with van der Waals surface area (Å²) in [5, 5.41) is 3.16. The topological polar surface area (TPSA) is 52.7 Å². The van der Waals surface area contributed by atoms with Crippen LogP contribution in [-0.2, 0) is 16.1 Å². The molecule has 1 fully saturated rings. The molecule has 0 aliphatic carbocycles. The lowest BCUT2D eigenvalue weighted by atomic mass is 10.1. The Bertz CT molecular complexity index is 786. The number of hydrogen-bond acceptors (Lipinski definition) is 3. The van der Waals surface area contributed by atoms with Gasteiger partial charge in [0.2, 0.25) is 11.8 Å². The minimum Gasteiger partial charge on any atom is -0.376 e. The summed E-state index contributed by atoms with van der Waals surface area (Å²) in [5.41, 5.74) is 4.13. The third kappa shape index (κ3) is 4.23. The standard InChI is InChI=1S/C21H25N3O2/c1-16-6-3-4-7-17(16)15-23(2)21(26)14-22-18-9-11-19(12-10-18)24-13-5-8-20(24)25/h3-4,6-7,9-12,22H,5,8,13-15H2,1-2H3. The van der Waals surface area contributed by atoms with Crippen LogP contribution in [0.15, 0.2) is 48.5 Å². The molecule has 136 valence electrons. The number of nitrogens with one attached hydrogen (secondary N) is 1. The van der Waals surface area contributed by atoms with Crippen LogP contribution in [0.25, 0.3) is 0 Å². The van der Waals surface area contributed by atoms with Gasteiger partial charge >= 0.3 is 0 Å². The molecule has 2 aromatic rings. The fourth-order valence-corrected chi connectivity index (χ4v) is 3.12. The molecule has 0 radical (unpaired) electrons. The molecule has 0 saturated carbocycles. The zero-order chi connectivity index (χ0) is 18.5. The average molecular weight is 351 g/mol. The second-order valence-electron chi connectivity index (χ2n) is 6.73. The van der Waals surface area contributed by atoms with E-state index in [-0.39, 0.29) is 18.4 Å². The van der Waals surface area contributed by atoms with E-state index in [0.29, 0.717) is 13.0 Å². The predicted molar refractivity (Wildman–Crippen MR) is 104 cm³/mol. The van der Waals surface area contributed by atoms with Crippen molar-refractivity contribution in [1.82, 2.24) is 4.90 Å². The van der Waals surface area contributed by atoms with Crippen LogP contribution in [-0.4, -0.2) is 36.9 Å². The minimum absolute atomic E-state index is 0.0343. The first-order valence-corrected chi connectivity index (χ1v) is 8.97. The Morgan fingerprint density at radius 2 is 1.88 bits per heavy atom. The molecule has 5 heteroatoms. The van der Waals surface area contributed by atoms with Gasteiger partial charge < -0.3 is 15.1 Å². The van der Waals surface area contributed by atoms with Crippen molar-refractivity contribution >= 4 is 23.2 Å². The molecule has 1 heterocycles. The largest absolute Gasteiger partial charge is 0.376 e. The van der Waals surface area contributed by atoms with Crippen LogP contribution in [0.4, 0.5) is 11.4 Å². The molecule has 2 aromatic carbocycles. The molecular weight excluding hydrogens is 326 g/mol. The van der Waals surface area contributed by atoms with Gasteiger partial charge in [-0.25, -0.2) is 0 Å². The summed E-state index contributed by atoms with van der Waals surface area (Å²) in [7, 11) is 1.82. The Morgan fingerprint density at radius 3 is 2.54 bits per heavy atom. The van der Waals surface area contributed by atoms with Crippen molar-refractivity contribution in [3.05, 3.63) is 59.7 Å². The van der Waals surface area contributed by atoms with Gasteiger partial charge in [-0.15, -0.1) is 0 Å². The molecule has 0 atom stereocenters. The normalized spacial score (nSPS) is 13.8. The Kier molecular flexibility index (Phi) is 5.56. The van der Waals surface area contributed by atoms with Crippen molar-refractivity contribution in [2.75, 3.05) is 30.4 Å². The van der Waals surface area contributed by atoms with E-state index in [1.807, 2.05) is 54.4 Å². The van der Waals surface area contributed by atoms with Crippen LogP contribution in [0.3, 0.4) is 0 Å². The molecule has 1 saturated heterocycles. The summed E-state index contributed by atoms with van der Waals surface area (Å²) in [4.78, 5) is 27.7. The van der Waals surface area contributed by atoms with Crippen molar-refractivity contribution in [2.45, 2.75) is 26.3 Å². The lowest BCUT2D eigenvalue weighted by Crippen LogP contribution is -2.32. The monoisotopic (exact) mass is 351 g/mol. The molecule has 2 amide bonds. The highest BCUT2D eigenvalue weighted by Crippen LogP contribution is 2.23. The first kappa shape index (κ1) is 18.0.